The molecule has 15 N–H and O–H groups in total. The number of nitrogens with one attached hydrogen (secondary N) is 5. The summed E-state index contributed by atoms with van der Waals surface area (Å²) in [6, 6.07) is -3.80. The Balaban J connectivity index is 3.12. The third kappa shape index (κ3) is 13.3. The van der Waals surface area contributed by atoms with Crippen LogP contribution >= 0.6 is 0 Å². The molecular formula is C27H43N7O12. The van der Waals surface area contributed by atoms with Crippen molar-refractivity contribution in [1.29, 1.82) is 0 Å². The predicted octanol–water partition coefficient (Wildman–Crippen LogP) is -6.13. The third-order valence-electron chi connectivity index (χ3n) is 6.55. The van der Waals surface area contributed by atoms with E-state index >= 15 is 0 Å². The molecule has 1 rings (SSSR count). The molecule has 19 nitrogen and oxygen atoms in total. The minimum atomic E-state index is -1.72. The molecule has 0 aromatic heterocycles. The molecule has 0 unspecified atom stereocenters. The molecule has 0 aliphatic heterocycles. The van der Waals surface area contributed by atoms with Gasteiger partial charge in [-0.2, -0.15) is 0 Å². The number of amides is 5. The van der Waals surface area contributed by atoms with Gasteiger partial charge in [-0.25, -0.2) is 4.79 Å². The first-order chi connectivity index (χ1) is 21.8. The Morgan fingerprint density at radius 3 is 1.43 bits per heavy atom. The van der Waals surface area contributed by atoms with Crippen LogP contribution in [0.15, 0.2) is 24.3 Å². The van der Waals surface area contributed by atoms with Crippen molar-refractivity contribution in [2.24, 2.45) is 11.5 Å². The zero-order chi connectivity index (χ0) is 34.8. The molecule has 6 atom stereocenters. The molecule has 0 radical (unpaired) electrons. The summed E-state index contributed by atoms with van der Waals surface area (Å²) in [5.74, 6) is -6.70. The Morgan fingerprint density at radius 1 is 0.609 bits per heavy atom. The monoisotopic (exact) mass is 657 g/mol. The van der Waals surface area contributed by atoms with E-state index in [1.54, 1.807) is 0 Å². The number of carbonyl (C=O) groups excluding carboxylic acids is 5. The molecule has 5 amide bonds. The lowest BCUT2D eigenvalue weighted by Gasteiger charge is -2.26. The number of aliphatic hydroxyl groups is 4. The minimum absolute atomic E-state index is 0.0349. The van der Waals surface area contributed by atoms with Crippen LogP contribution in [0, 0.1) is 0 Å². The minimum Gasteiger partial charge on any atom is -0.508 e. The third-order valence-corrected chi connectivity index (χ3v) is 6.55. The normalized spacial score (nSPS) is 14.8. The van der Waals surface area contributed by atoms with Gasteiger partial charge in [0.05, 0.1) is 26.4 Å². The molecule has 1 aromatic carbocycles. The Hall–Kier alpha value is -4.40. The molecule has 0 spiro atoms. The number of aliphatic hydroxyl groups excluding tert-OH is 4. The van der Waals surface area contributed by atoms with Crippen molar-refractivity contribution in [3.8, 4) is 5.75 Å². The number of aromatic hydroxyl groups is 1. The van der Waals surface area contributed by atoms with Gasteiger partial charge in [0.25, 0.3) is 0 Å². The molecular weight excluding hydrogens is 614 g/mol. The summed E-state index contributed by atoms with van der Waals surface area (Å²) < 4.78 is 0. The van der Waals surface area contributed by atoms with Crippen LogP contribution < -0.4 is 38.1 Å². The topological polar surface area (TPSA) is 336 Å². The average molecular weight is 658 g/mol. The van der Waals surface area contributed by atoms with Crippen LogP contribution in [0.5, 0.6) is 5.75 Å². The number of nitrogens with two attached hydrogens (primary N) is 2. The number of phenolic OH excluding ortho intramolecular Hbond substituents is 1. The van der Waals surface area contributed by atoms with Crippen molar-refractivity contribution >= 4 is 35.5 Å². The van der Waals surface area contributed by atoms with E-state index in [0.29, 0.717) is 24.9 Å². The summed E-state index contributed by atoms with van der Waals surface area (Å²) >= 11 is 0. The Bertz CT molecular complexity index is 1170. The molecule has 1 aromatic rings. The van der Waals surface area contributed by atoms with E-state index in [0.717, 1.165) is 0 Å². The van der Waals surface area contributed by atoms with Gasteiger partial charge in [0.15, 0.2) is 0 Å². The van der Waals surface area contributed by atoms with Gasteiger partial charge in [-0.15, -0.1) is 0 Å². The van der Waals surface area contributed by atoms with Gasteiger partial charge >= 0.3 is 5.97 Å². The first-order valence-corrected chi connectivity index (χ1v) is 14.2. The second kappa shape index (κ2) is 20.6. The van der Waals surface area contributed by atoms with Crippen molar-refractivity contribution in [2.75, 3.05) is 33.0 Å². The van der Waals surface area contributed by atoms with Crippen molar-refractivity contribution < 1.29 is 59.4 Å². The first-order valence-electron chi connectivity index (χ1n) is 14.2. The summed E-state index contributed by atoms with van der Waals surface area (Å²) in [7, 11) is 0. The quantitative estimate of drug-likeness (QED) is 0.0547. The lowest BCUT2D eigenvalue weighted by Crippen LogP contribution is -2.61. The van der Waals surface area contributed by atoms with E-state index in [1.165, 1.54) is 24.3 Å². The number of rotatable bonds is 21. The van der Waals surface area contributed by atoms with E-state index in [1.807, 2.05) is 0 Å². The van der Waals surface area contributed by atoms with E-state index in [4.69, 9.17) is 16.6 Å². The maximum Gasteiger partial charge on any atom is 0.326 e. The van der Waals surface area contributed by atoms with Crippen molar-refractivity contribution in [3.05, 3.63) is 29.8 Å². The van der Waals surface area contributed by atoms with Crippen LogP contribution in [-0.2, 0) is 35.2 Å². The summed E-state index contributed by atoms with van der Waals surface area (Å²) in [6.45, 7) is -3.35. The molecule has 0 saturated heterocycles. The molecule has 19 heteroatoms. The fraction of sp³-hybridized carbons (Fsp3) is 0.556. The lowest BCUT2D eigenvalue weighted by molar-refractivity contribution is -0.142. The number of aliphatic carboxylic acids is 1. The number of phenols is 1. The number of carbonyl (C=O) groups is 6. The highest BCUT2D eigenvalue weighted by Crippen LogP contribution is 2.12. The smallest absolute Gasteiger partial charge is 0.326 e. The Morgan fingerprint density at radius 2 is 1.02 bits per heavy atom. The number of hydrogen-bond donors (Lipinski definition) is 13. The van der Waals surface area contributed by atoms with Crippen LogP contribution in [0.4, 0.5) is 0 Å². The number of unbranched alkanes of at least 4 members (excludes halogenated alkanes) is 1. The van der Waals surface area contributed by atoms with Gasteiger partial charge in [-0.3, -0.25) is 24.0 Å². The Labute approximate surface area is 263 Å². The highest BCUT2D eigenvalue weighted by molar-refractivity contribution is 5.96. The van der Waals surface area contributed by atoms with E-state index in [9.17, 15) is 54.3 Å². The lowest BCUT2D eigenvalue weighted by atomic mass is 10.0. The van der Waals surface area contributed by atoms with E-state index in [-0.39, 0.29) is 18.6 Å². The van der Waals surface area contributed by atoms with Crippen LogP contribution in [0.1, 0.15) is 24.8 Å². The fourth-order valence-corrected chi connectivity index (χ4v) is 3.86. The first kappa shape index (κ1) is 39.6. The maximum atomic E-state index is 13.3. The maximum absolute atomic E-state index is 13.3. The molecule has 0 aliphatic rings. The molecule has 258 valence electrons. The van der Waals surface area contributed by atoms with Crippen LogP contribution in [-0.4, -0.2) is 135 Å². The van der Waals surface area contributed by atoms with Gasteiger partial charge in [0, 0.05) is 6.42 Å². The SMILES string of the molecule is NCCCC[C@H](NC(=O)[C@H](CO)NC(=O)[C@H](Cc1ccc(O)cc1)NC(=O)[C@H](CO)NC(=O)[C@H](CO)NC(=O)[C@@H](N)CO)C(=O)O. The van der Waals surface area contributed by atoms with Gasteiger partial charge in [-0.1, -0.05) is 12.1 Å². The molecule has 46 heavy (non-hydrogen) atoms. The summed E-state index contributed by atoms with van der Waals surface area (Å²) in [4.78, 5) is 75.2. The number of benzene rings is 1. The molecule has 0 aliphatic carbocycles. The van der Waals surface area contributed by atoms with Gasteiger partial charge < -0.3 is 68.7 Å². The second-order valence-corrected chi connectivity index (χ2v) is 10.1. The van der Waals surface area contributed by atoms with Crippen LogP contribution in [0.3, 0.4) is 0 Å². The molecule has 0 fully saturated rings. The standard InChI is InChI=1S/C27H43N7O12/c28-8-2-1-3-17(27(45)46)30-24(42)20(12-37)33-23(41)18(9-14-4-6-15(39)7-5-14)31-25(43)21(13-38)34-26(44)19(11-36)32-22(40)16(29)10-35/h4-7,16-21,35-39H,1-3,8-13,28-29H2,(H,30,42)(H,31,43)(H,32,40)(H,33,41)(H,34,44)(H,45,46)/t16-,17-,18-,19-,20-,21-/m0/s1. The van der Waals surface area contributed by atoms with Crippen LogP contribution in [0.2, 0.25) is 0 Å². The molecule has 0 bridgehead atoms. The highest BCUT2D eigenvalue weighted by Gasteiger charge is 2.32. The number of carboxylic acid groups (broad SMARTS) is 1. The Kier molecular flexibility index (Phi) is 17.7. The molecule has 0 heterocycles. The molecule has 0 saturated carbocycles. The van der Waals surface area contributed by atoms with E-state index in [2.05, 4.69) is 26.6 Å². The summed E-state index contributed by atoms with van der Waals surface area (Å²) in [6.07, 6.45) is 0.665. The van der Waals surface area contributed by atoms with Crippen molar-refractivity contribution in [1.82, 2.24) is 26.6 Å². The average Bonchev–Trinajstić information content (AvgIpc) is 3.03. The van der Waals surface area contributed by atoms with Gasteiger partial charge in [-0.05, 0) is 43.5 Å². The zero-order valence-corrected chi connectivity index (χ0v) is 24.9. The fourth-order valence-electron chi connectivity index (χ4n) is 3.86. The van der Waals surface area contributed by atoms with Gasteiger partial charge in [0.1, 0.15) is 42.0 Å². The number of hydrogen-bond acceptors (Lipinski definition) is 13. The zero-order valence-electron chi connectivity index (χ0n) is 24.9. The second-order valence-electron chi connectivity index (χ2n) is 10.1. The summed E-state index contributed by atoms with van der Waals surface area (Å²) in [5, 5.41) is 68.1. The highest BCUT2D eigenvalue weighted by atomic mass is 16.4. The van der Waals surface area contributed by atoms with E-state index < -0.39 is 98.2 Å². The van der Waals surface area contributed by atoms with Crippen LogP contribution in [0.25, 0.3) is 0 Å². The van der Waals surface area contributed by atoms with Gasteiger partial charge in [0.2, 0.25) is 29.5 Å². The van der Waals surface area contributed by atoms with Crippen molar-refractivity contribution in [3.63, 3.8) is 0 Å². The largest absolute Gasteiger partial charge is 0.508 e. The van der Waals surface area contributed by atoms with Crippen molar-refractivity contribution in [2.45, 2.75) is 61.9 Å². The summed E-state index contributed by atoms with van der Waals surface area (Å²) in [5.41, 5.74) is 11.2. The number of carboxylic acids is 1. The predicted molar refractivity (Wildman–Crippen MR) is 158 cm³/mol.